The third kappa shape index (κ3) is 2.82. The maximum atomic E-state index is 13.2. The number of carbonyl (C=O) groups is 1. The summed E-state index contributed by atoms with van der Waals surface area (Å²) < 4.78 is 24.1. The number of ether oxygens (including phenoxy) is 2. The summed E-state index contributed by atoms with van der Waals surface area (Å²) in [6.07, 6.45) is 0.290. The van der Waals surface area contributed by atoms with Gasteiger partial charge in [-0.1, -0.05) is 18.5 Å². The number of rotatable bonds is 5. The first-order valence-corrected chi connectivity index (χ1v) is 6.25. The number of carbonyl (C=O) groups excluding carboxylic acids is 1. The predicted octanol–water partition coefficient (Wildman–Crippen LogP) is 2.99. The molecule has 1 aliphatic carbocycles. The van der Waals surface area contributed by atoms with Crippen LogP contribution in [0.4, 0.5) is 4.39 Å². The predicted molar refractivity (Wildman–Crippen MR) is 65.5 cm³/mol. The fraction of sp³-hybridized carbons (Fsp3) is 0.462. The van der Waals surface area contributed by atoms with Crippen molar-refractivity contribution < 1.29 is 18.7 Å². The van der Waals surface area contributed by atoms with E-state index in [2.05, 4.69) is 0 Å². The molecule has 98 valence electrons. The van der Waals surface area contributed by atoms with Gasteiger partial charge in [0.2, 0.25) is 0 Å². The van der Waals surface area contributed by atoms with E-state index >= 15 is 0 Å². The van der Waals surface area contributed by atoms with Crippen molar-refractivity contribution in [1.29, 1.82) is 0 Å². The first-order valence-electron chi connectivity index (χ1n) is 5.88. The van der Waals surface area contributed by atoms with Crippen LogP contribution in [0.25, 0.3) is 0 Å². The van der Waals surface area contributed by atoms with Crippen LogP contribution in [0.2, 0.25) is 5.02 Å². The van der Waals surface area contributed by atoms with E-state index < -0.39 is 11.9 Å². The molecule has 0 N–H and O–H groups in total. The van der Waals surface area contributed by atoms with Crippen molar-refractivity contribution in [3.8, 4) is 5.75 Å². The van der Waals surface area contributed by atoms with E-state index in [1.54, 1.807) is 6.07 Å². The van der Waals surface area contributed by atoms with Gasteiger partial charge in [-0.15, -0.1) is 0 Å². The second-order valence-electron chi connectivity index (χ2n) is 4.19. The molecule has 1 saturated carbocycles. The minimum Gasteiger partial charge on any atom is -0.487 e. The van der Waals surface area contributed by atoms with Crippen molar-refractivity contribution >= 4 is 17.4 Å². The molecule has 5 heteroatoms. The monoisotopic (exact) mass is 272 g/mol. The van der Waals surface area contributed by atoms with Crippen LogP contribution in [-0.4, -0.2) is 24.6 Å². The molecule has 0 aromatic heterocycles. The molecule has 0 amide bonds. The highest BCUT2D eigenvalue weighted by Gasteiger charge is 2.42. The standard InChI is InChI=1S/C13H14ClFO3/c1-2-5-17-13-11(16)7-12(13)18-8-3-4-9(14)10(15)6-8/h3-4,6,12-13H,2,5,7H2,1H3. The number of hydrogen-bond donors (Lipinski definition) is 0. The minimum atomic E-state index is -0.536. The van der Waals surface area contributed by atoms with Crippen molar-refractivity contribution in [2.24, 2.45) is 0 Å². The largest absolute Gasteiger partial charge is 0.487 e. The zero-order valence-electron chi connectivity index (χ0n) is 9.99. The third-order valence-corrected chi connectivity index (χ3v) is 3.04. The molecule has 0 radical (unpaired) electrons. The van der Waals surface area contributed by atoms with Crippen LogP contribution in [0.5, 0.6) is 5.75 Å². The Labute approximate surface area is 110 Å². The van der Waals surface area contributed by atoms with E-state index in [-0.39, 0.29) is 16.9 Å². The molecule has 18 heavy (non-hydrogen) atoms. The quantitative estimate of drug-likeness (QED) is 0.827. The Morgan fingerprint density at radius 3 is 2.89 bits per heavy atom. The molecule has 3 nitrogen and oxygen atoms in total. The molecule has 0 saturated heterocycles. The van der Waals surface area contributed by atoms with E-state index in [9.17, 15) is 9.18 Å². The first-order chi connectivity index (χ1) is 8.61. The van der Waals surface area contributed by atoms with Gasteiger partial charge in [0.15, 0.2) is 11.9 Å². The minimum absolute atomic E-state index is 0.0304. The average Bonchev–Trinajstić information content (AvgIpc) is 2.33. The van der Waals surface area contributed by atoms with Gasteiger partial charge < -0.3 is 9.47 Å². The second-order valence-corrected chi connectivity index (χ2v) is 4.60. The van der Waals surface area contributed by atoms with Gasteiger partial charge in [-0.3, -0.25) is 4.79 Å². The van der Waals surface area contributed by atoms with Crippen molar-refractivity contribution in [1.82, 2.24) is 0 Å². The Morgan fingerprint density at radius 2 is 2.28 bits per heavy atom. The van der Waals surface area contributed by atoms with Gasteiger partial charge >= 0.3 is 0 Å². The summed E-state index contributed by atoms with van der Waals surface area (Å²) >= 11 is 5.58. The fourth-order valence-corrected chi connectivity index (χ4v) is 1.86. The number of halogens is 2. The third-order valence-electron chi connectivity index (χ3n) is 2.74. The molecule has 1 aromatic rings. The van der Waals surface area contributed by atoms with Crippen molar-refractivity contribution in [3.05, 3.63) is 29.0 Å². The van der Waals surface area contributed by atoms with E-state index in [4.69, 9.17) is 21.1 Å². The van der Waals surface area contributed by atoms with Gasteiger partial charge in [-0.25, -0.2) is 4.39 Å². The molecular weight excluding hydrogens is 259 g/mol. The molecule has 0 heterocycles. The molecule has 2 atom stereocenters. The lowest BCUT2D eigenvalue weighted by Crippen LogP contribution is -2.52. The number of hydrogen-bond acceptors (Lipinski definition) is 3. The molecule has 0 spiro atoms. The summed E-state index contributed by atoms with van der Waals surface area (Å²) in [6, 6.07) is 4.21. The molecular formula is C13H14ClFO3. The van der Waals surface area contributed by atoms with Crippen LogP contribution in [0.15, 0.2) is 18.2 Å². The van der Waals surface area contributed by atoms with Crippen LogP contribution in [0.1, 0.15) is 19.8 Å². The van der Waals surface area contributed by atoms with Crippen LogP contribution >= 0.6 is 11.6 Å². The summed E-state index contributed by atoms with van der Waals surface area (Å²) in [5, 5.41) is 0.0471. The maximum absolute atomic E-state index is 13.2. The SMILES string of the molecule is CCCOC1C(=O)CC1Oc1ccc(Cl)c(F)c1. The zero-order chi connectivity index (χ0) is 13.1. The molecule has 0 bridgehead atoms. The zero-order valence-corrected chi connectivity index (χ0v) is 10.7. The Balaban J connectivity index is 1.96. The first kappa shape index (κ1) is 13.3. The number of benzene rings is 1. The Bertz CT molecular complexity index is 450. The Morgan fingerprint density at radius 1 is 1.50 bits per heavy atom. The smallest absolute Gasteiger partial charge is 0.169 e. The fourth-order valence-electron chi connectivity index (χ4n) is 1.74. The lowest BCUT2D eigenvalue weighted by Gasteiger charge is -2.34. The van der Waals surface area contributed by atoms with Crippen molar-refractivity contribution in [2.75, 3.05) is 6.61 Å². The molecule has 1 aliphatic rings. The highest BCUT2D eigenvalue weighted by molar-refractivity contribution is 6.30. The summed E-state index contributed by atoms with van der Waals surface area (Å²) in [6.45, 7) is 2.48. The van der Waals surface area contributed by atoms with Gasteiger partial charge in [0, 0.05) is 19.1 Å². The molecule has 2 rings (SSSR count). The average molecular weight is 273 g/mol. The van der Waals surface area contributed by atoms with Crippen molar-refractivity contribution in [3.63, 3.8) is 0 Å². The molecule has 1 fully saturated rings. The topological polar surface area (TPSA) is 35.5 Å². The summed E-state index contributed by atoms with van der Waals surface area (Å²) in [4.78, 5) is 11.4. The summed E-state index contributed by atoms with van der Waals surface area (Å²) in [5.74, 6) is -0.145. The van der Waals surface area contributed by atoms with Gasteiger partial charge in [-0.05, 0) is 18.6 Å². The lowest BCUT2D eigenvalue weighted by atomic mass is 9.90. The number of ketones is 1. The van der Waals surface area contributed by atoms with E-state index in [0.717, 1.165) is 6.42 Å². The maximum Gasteiger partial charge on any atom is 0.169 e. The summed E-state index contributed by atoms with van der Waals surface area (Å²) in [7, 11) is 0. The van der Waals surface area contributed by atoms with E-state index in [1.807, 2.05) is 6.92 Å². The van der Waals surface area contributed by atoms with Crippen LogP contribution in [0.3, 0.4) is 0 Å². The molecule has 2 unspecified atom stereocenters. The number of Topliss-reactive ketones (excluding diaryl/α,β-unsaturated/α-hetero) is 1. The summed E-state index contributed by atoms with van der Waals surface area (Å²) in [5.41, 5.74) is 0. The normalized spacial score (nSPS) is 22.7. The van der Waals surface area contributed by atoms with Crippen LogP contribution in [-0.2, 0) is 9.53 Å². The Kier molecular flexibility index (Phi) is 4.19. The highest BCUT2D eigenvalue weighted by atomic mass is 35.5. The van der Waals surface area contributed by atoms with Crippen LogP contribution < -0.4 is 4.74 Å². The van der Waals surface area contributed by atoms with Gasteiger partial charge in [-0.2, -0.15) is 0 Å². The van der Waals surface area contributed by atoms with Gasteiger partial charge in [0.25, 0.3) is 0 Å². The van der Waals surface area contributed by atoms with Gasteiger partial charge in [0.05, 0.1) is 5.02 Å². The lowest BCUT2D eigenvalue weighted by molar-refractivity contribution is -0.154. The molecule has 0 aliphatic heterocycles. The van der Waals surface area contributed by atoms with E-state index in [1.165, 1.54) is 12.1 Å². The Hall–Kier alpha value is -1.13. The van der Waals surface area contributed by atoms with Crippen molar-refractivity contribution in [2.45, 2.75) is 32.0 Å². The second kappa shape index (κ2) is 5.67. The highest BCUT2D eigenvalue weighted by Crippen LogP contribution is 2.27. The molecule has 1 aromatic carbocycles. The van der Waals surface area contributed by atoms with E-state index in [0.29, 0.717) is 18.8 Å². The van der Waals surface area contributed by atoms with Crippen LogP contribution in [0, 0.1) is 5.82 Å². The van der Waals surface area contributed by atoms with Gasteiger partial charge in [0.1, 0.15) is 17.7 Å².